The van der Waals surface area contributed by atoms with Crippen molar-refractivity contribution in [3.05, 3.63) is 65.7 Å². The molecule has 2 aliphatic rings. The largest absolute Gasteiger partial charge is 0.487 e. The first-order chi connectivity index (χ1) is 26.0. The number of methoxy groups -OCH3 is 1. The summed E-state index contributed by atoms with van der Waals surface area (Å²) in [6.07, 6.45) is 1.34. The monoisotopic (exact) mass is 756 g/mol. The van der Waals surface area contributed by atoms with E-state index in [1.165, 1.54) is 12.0 Å². The third-order valence-corrected chi connectivity index (χ3v) is 9.62. The van der Waals surface area contributed by atoms with Crippen LogP contribution < -0.4 is 9.47 Å². The van der Waals surface area contributed by atoms with Crippen molar-refractivity contribution in [3.8, 4) is 23.5 Å². The molecule has 12 heteroatoms. The van der Waals surface area contributed by atoms with E-state index in [0.717, 1.165) is 30.2 Å². The predicted octanol–water partition coefficient (Wildman–Crippen LogP) is 7.33. The first-order valence-electron chi connectivity index (χ1n) is 18.8. The maximum atomic E-state index is 13.2. The Bertz CT molecular complexity index is 1920. The third-order valence-electron chi connectivity index (χ3n) is 9.62. The molecule has 1 saturated heterocycles. The summed E-state index contributed by atoms with van der Waals surface area (Å²) in [4.78, 5) is 56.4. The van der Waals surface area contributed by atoms with Crippen LogP contribution in [0.15, 0.2) is 54.6 Å². The topological polar surface area (TPSA) is 151 Å². The van der Waals surface area contributed by atoms with Crippen LogP contribution >= 0.6 is 0 Å². The van der Waals surface area contributed by atoms with Crippen LogP contribution in [0.2, 0.25) is 0 Å². The van der Waals surface area contributed by atoms with Gasteiger partial charge in [-0.2, -0.15) is 0 Å². The van der Waals surface area contributed by atoms with Gasteiger partial charge >= 0.3 is 24.0 Å². The van der Waals surface area contributed by atoms with Crippen LogP contribution in [0.5, 0.6) is 11.6 Å². The number of hydrogen-bond acceptors (Lipinski definition) is 10. The van der Waals surface area contributed by atoms with Crippen LogP contribution in [0.3, 0.4) is 0 Å². The second-order valence-corrected chi connectivity index (χ2v) is 16.2. The van der Waals surface area contributed by atoms with Crippen LogP contribution in [0.4, 0.5) is 4.79 Å². The molecule has 1 saturated carbocycles. The number of aromatic nitrogens is 1. The number of amides is 1. The minimum absolute atomic E-state index is 0.0660. The van der Waals surface area contributed by atoms with E-state index in [-0.39, 0.29) is 43.9 Å². The zero-order valence-electron chi connectivity index (χ0n) is 32.8. The zero-order valence-corrected chi connectivity index (χ0v) is 32.8. The summed E-state index contributed by atoms with van der Waals surface area (Å²) in [6.45, 7) is 11.0. The van der Waals surface area contributed by atoms with Gasteiger partial charge in [0.2, 0.25) is 5.88 Å². The number of hydrogen-bond donors (Lipinski definition) is 1. The Morgan fingerprint density at radius 1 is 0.982 bits per heavy atom. The van der Waals surface area contributed by atoms with Crippen LogP contribution in [0.1, 0.15) is 91.2 Å². The standard InChI is InChI=1S/C43H52N2O10/c1-42(2,3)32(39(47)48)24-36(46)54-35-22-28(35)18-12-9-13-20-31-37(52-26-27-16-10-8-11-17-27)30-19-14-15-21-33(30)44-38(31)53-29-23-34(40(49)51-7)45(25-29)41(50)55-43(4,5)6/h8,10-11,14-17,19,21,28-29,32,34-35H,9,12,18,22-26H2,1-7H3,(H,47,48)/t28-,29-,32-,34+,35-/m1/s1. The van der Waals surface area contributed by atoms with Crippen LogP contribution in [-0.2, 0) is 35.2 Å². The Labute approximate surface area is 322 Å². The van der Waals surface area contributed by atoms with E-state index in [9.17, 15) is 24.3 Å². The summed E-state index contributed by atoms with van der Waals surface area (Å²) in [5.74, 6) is 4.60. The first-order valence-corrected chi connectivity index (χ1v) is 18.8. The van der Waals surface area contributed by atoms with Crippen molar-refractivity contribution in [1.29, 1.82) is 0 Å². The van der Waals surface area contributed by atoms with Crippen LogP contribution in [0.25, 0.3) is 10.9 Å². The van der Waals surface area contributed by atoms with Gasteiger partial charge in [0, 0.05) is 18.2 Å². The van der Waals surface area contributed by atoms with Crippen molar-refractivity contribution < 1.29 is 48.0 Å². The van der Waals surface area contributed by atoms with Crippen LogP contribution in [-0.4, -0.2) is 76.5 Å². The molecule has 0 bridgehead atoms. The van der Waals surface area contributed by atoms with Crippen molar-refractivity contribution >= 4 is 34.9 Å². The lowest BCUT2D eigenvalue weighted by Gasteiger charge is -2.27. The van der Waals surface area contributed by atoms with E-state index in [1.807, 2.05) is 54.6 Å². The van der Waals surface area contributed by atoms with Gasteiger partial charge in [0.15, 0.2) is 0 Å². The number of pyridine rings is 1. The van der Waals surface area contributed by atoms with E-state index in [1.54, 1.807) is 41.5 Å². The molecule has 2 fully saturated rings. The Morgan fingerprint density at radius 2 is 1.69 bits per heavy atom. The fourth-order valence-electron chi connectivity index (χ4n) is 6.58. The van der Waals surface area contributed by atoms with Gasteiger partial charge in [-0.05, 0) is 69.1 Å². The number of para-hydroxylation sites is 1. The number of nitrogens with zero attached hydrogens (tertiary/aromatic N) is 2. The number of unbranched alkanes of at least 4 members (excludes halogenated alkanes) is 1. The minimum atomic E-state index is -1.00. The molecule has 1 amide bonds. The Morgan fingerprint density at radius 3 is 2.36 bits per heavy atom. The fraction of sp³-hybridized carbons (Fsp3) is 0.512. The molecule has 0 unspecified atom stereocenters. The summed E-state index contributed by atoms with van der Waals surface area (Å²) >= 11 is 0. The number of fused-ring (bicyclic) bond motifs is 1. The van der Waals surface area contributed by atoms with Crippen LogP contribution in [0, 0.1) is 29.1 Å². The fourth-order valence-corrected chi connectivity index (χ4v) is 6.58. The molecular formula is C43H52N2O10. The minimum Gasteiger partial charge on any atom is -0.487 e. The van der Waals surface area contributed by atoms with Crippen molar-refractivity contribution in [2.45, 2.75) is 111 Å². The van der Waals surface area contributed by atoms with Crippen molar-refractivity contribution in [3.63, 3.8) is 0 Å². The lowest BCUT2D eigenvalue weighted by atomic mass is 9.79. The van der Waals surface area contributed by atoms with Gasteiger partial charge in [0.1, 0.15) is 41.8 Å². The van der Waals surface area contributed by atoms with Gasteiger partial charge in [-0.3, -0.25) is 14.5 Å². The lowest BCUT2D eigenvalue weighted by molar-refractivity contribution is -0.156. The van der Waals surface area contributed by atoms with E-state index < -0.39 is 53.1 Å². The molecule has 5 rings (SSSR count). The van der Waals surface area contributed by atoms with Gasteiger partial charge in [0.05, 0.1) is 31.5 Å². The van der Waals surface area contributed by atoms with E-state index in [4.69, 9.17) is 28.7 Å². The number of benzene rings is 2. The molecule has 0 radical (unpaired) electrons. The maximum absolute atomic E-state index is 13.2. The smallest absolute Gasteiger partial charge is 0.411 e. The molecule has 0 spiro atoms. The molecule has 55 heavy (non-hydrogen) atoms. The summed E-state index contributed by atoms with van der Waals surface area (Å²) in [5.41, 5.74) is 0.709. The molecular weight excluding hydrogens is 704 g/mol. The molecule has 5 atom stereocenters. The Balaban J connectivity index is 1.34. The molecule has 3 aromatic rings. The van der Waals surface area contributed by atoms with Gasteiger partial charge in [-0.15, -0.1) is 0 Å². The van der Waals surface area contributed by atoms with Crippen molar-refractivity contribution in [2.24, 2.45) is 17.3 Å². The highest BCUT2D eigenvalue weighted by Crippen LogP contribution is 2.40. The second kappa shape index (κ2) is 17.4. The first kappa shape index (κ1) is 40.9. The van der Waals surface area contributed by atoms with E-state index in [2.05, 4.69) is 11.8 Å². The van der Waals surface area contributed by atoms with Gasteiger partial charge < -0.3 is 28.8 Å². The SMILES string of the molecule is COC(=O)[C@@H]1C[C@@H](Oc2nc3ccccc3c(OCc3ccccc3)c2C#CCCC[C@@H]2C[C@H]2OC(=O)C[C@H](C(=O)O)C(C)(C)C)CN1C(=O)OC(C)(C)C. The molecule has 2 heterocycles. The van der Waals surface area contributed by atoms with Crippen molar-refractivity contribution in [1.82, 2.24) is 9.88 Å². The third kappa shape index (κ3) is 11.1. The average molecular weight is 757 g/mol. The van der Waals surface area contributed by atoms with Gasteiger partial charge in [0.25, 0.3) is 0 Å². The lowest BCUT2D eigenvalue weighted by Crippen LogP contribution is -2.44. The van der Waals surface area contributed by atoms with E-state index in [0.29, 0.717) is 23.3 Å². The highest BCUT2D eigenvalue weighted by atomic mass is 16.6. The molecule has 1 N–H and O–H groups in total. The summed E-state index contributed by atoms with van der Waals surface area (Å²) in [7, 11) is 1.28. The molecule has 1 aliphatic heterocycles. The predicted molar refractivity (Wildman–Crippen MR) is 204 cm³/mol. The van der Waals surface area contributed by atoms with Gasteiger partial charge in [-0.25, -0.2) is 14.6 Å². The summed E-state index contributed by atoms with van der Waals surface area (Å²) < 4.78 is 29.2. The number of carboxylic acid groups (broad SMARTS) is 1. The second-order valence-electron chi connectivity index (χ2n) is 16.2. The summed E-state index contributed by atoms with van der Waals surface area (Å²) in [6, 6.07) is 16.4. The number of ether oxygens (including phenoxy) is 5. The highest BCUT2D eigenvalue weighted by Gasteiger charge is 2.44. The summed E-state index contributed by atoms with van der Waals surface area (Å²) in [5, 5.41) is 10.3. The van der Waals surface area contributed by atoms with Crippen molar-refractivity contribution in [2.75, 3.05) is 13.7 Å². The Hall–Kier alpha value is -5.31. The average Bonchev–Trinajstić information content (AvgIpc) is 3.71. The number of carboxylic acids is 1. The van der Waals surface area contributed by atoms with Gasteiger partial charge in [-0.1, -0.05) is 75.1 Å². The molecule has 1 aliphatic carbocycles. The molecule has 2 aromatic carbocycles. The molecule has 294 valence electrons. The highest BCUT2D eigenvalue weighted by molar-refractivity contribution is 5.89. The number of rotatable bonds is 13. The van der Waals surface area contributed by atoms with E-state index >= 15 is 0 Å². The maximum Gasteiger partial charge on any atom is 0.411 e. The normalized spacial score (nSPS) is 19.8. The number of aliphatic carboxylic acids is 1. The quantitative estimate of drug-likeness (QED) is 0.0808. The zero-order chi connectivity index (χ0) is 39.9. The molecule has 12 nitrogen and oxygen atoms in total. The number of carbonyl (C=O) groups is 4. The molecule has 1 aromatic heterocycles. The number of esters is 2. The number of likely N-dealkylation sites (tertiary alicyclic amines) is 1. The number of carbonyl (C=O) groups excluding carboxylic acids is 3. The Kier molecular flexibility index (Phi) is 13.0.